The van der Waals surface area contributed by atoms with Gasteiger partial charge in [-0.3, -0.25) is 0 Å². The summed E-state index contributed by atoms with van der Waals surface area (Å²) >= 11 is 0. The molecule has 0 fully saturated rings. The van der Waals surface area contributed by atoms with Crippen LogP contribution in [0.1, 0.15) is 33.2 Å². The summed E-state index contributed by atoms with van der Waals surface area (Å²) in [5, 5.41) is 0. The first-order valence-corrected chi connectivity index (χ1v) is 10.1. The van der Waals surface area contributed by atoms with Crippen molar-refractivity contribution in [2.24, 2.45) is 0 Å². The van der Waals surface area contributed by atoms with E-state index >= 15 is 0 Å². The van der Waals surface area contributed by atoms with E-state index in [1.54, 1.807) is 43.3 Å². The number of esters is 2. The fourth-order valence-electron chi connectivity index (χ4n) is 2.48. The van der Waals surface area contributed by atoms with E-state index in [0.29, 0.717) is 24.3 Å². The first kappa shape index (κ1) is 26.1. The highest BCUT2D eigenvalue weighted by atomic mass is 16.5. The number of hydrogen-bond acceptors (Lipinski definition) is 7. The first-order chi connectivity index (χ1) is 14.8. The van der Waals surface area contributed by atoms with Crippen molar-refractivity contribution < 1.29 is 23.8 Å². The summed E-state index contributed by atoms with van der Waals surface area (Å²) in [6.45, 7) is 4.55. The molecule has 7 nitrogen and oxygen atoms in total. The van der Waals surface area contributed by atoms with Gasteiger partial charge in [0, 0.05) is 13.1 Å². The lowest BCUT2D eigenvalue weighted by Gasteiger charge is -2.11. The Morgan fingerprint density at radius 2 is 1.35 bits per heavy atom. The molecule has 2 rings (SSSR count). The summed E-state index contributed by atoms with van der Waals surface area (Å²) in [4.78, 5) is 26.6. The van der Waals surface area contributed by atoms with Crippen LogP contribution in [0.15, 0.2) is 48.5 Å². The number of carbonyl (C=O) groups excluding carboxylic acids is 2. The molecule has 2 aromatic rings. The molecule has 0 aromatic heterocycles. The zero-order chi connectivity index (χ0) is 23.2. The van der Waals surface area contributed by atoms with Crippen LogP contribution in [0, 0.1) is 0 Å². The maximum atomic E-state index is 11.4. The number of nitrogens with zero attached hydrogens (tertiary/aromatic N) is 2. The molecule has 0 spiro atoms. The van der Waals surface area contributed by atoms with E-state index in [-0.39, 0.29) is 11.9 Å². The molecule has 0 aliphatic carbocycles. The Labute approximate surface area is 185 Å². The summed E-state index contributed by atoms with van der Waals surface area (Å²) in [6.07, 6.45) is 0. The van der Waals surface area contributed by atoms with E-state index in [1.807, 2.05) is 45.2 Å². The van der Waals surface area contributed by atoms with Crippen LogP contribution in [-0.2, 0) is 16.0 Å². The number of rotatable bonds is 9. The second kappa shape index (κ2) is 14.2. The third-order valence-corrected chi connectivity index (χ3v) is 4.05. The lowest BCUT2D eigenvalue weighted by atomic mass is 10.1. The molecule has 0 amide bonds. The van der Waals surface area contributed by atoms with E-state index in [1.165, 1.54) is 12.7 Å². The molecule has 0 aliphatic rings. The van der Waals surface area contributed by atoms with Gasteiger partial charge in [-0.05, 0) is 77.1 Å². The third-order valence-electron chi connectivity index (χ3n) is 4.05. The fraction of sp³-hybridized carbons (Fsp3) is 0.417. The first-order valence-electron chi connectivity index (χ1n) is 10.1. The van der Waals surface area contributed by atoms with Crippen molar-refractivity contribution >= 4 is 11.9 Å². The molecule has 0 unspecified atom stereocenters. The Hall–Kier alpha value is -2.90. The number of methoxy groups -OCH3 is 1. The average molecular weight is 431 g/mol. The Morgan fingerprint density at radius 3 is 1.84 bits per heavy atom. The number of carbonyl (C=O) groups is 2. The number of ether oxygens (including phenoxy) is 3. The zero-order valence-corrected chi connectivity index (χ0v) is 19.4. The van der Waals surface area contributed by atoms with Gasteiger partial charge in [0.1, 0.15) is 12.4 Å². The lowest BCUT2D eigenvalue weighted by molar-refractivity contribution is 0.0525. The normalized spacial score (nSPS) is 10.3. The SMILES string of the molecule is CCOC(=O)c1ccc(OCCN(C)C)cc1.COC(=O)c1ccc(CN(C)C)cc1. The highest BCUT2D eigenvalue weighted by Gasteiger charge is 2.06. The van der Waals surface area contributed by atoms with Crippen molar-refractivity contribution in [1.29, 1.82) is 0 Å². The smallest absolute Gasteiger partial charge is 0.338 e. The van der Waals surface area contributed by atoms with Gasteiger partial charge in [0.2, 0.25) is 0 Å². The van der Waals surface area contributed by atoms with E-state index in [2.05, 4.69) is 9.64 Å². The van der Waals surface area contributed by atoms with Crippen molar-refractivity contribution in [2.45, 2.75) is 13.5 Å². The van der Waals surface area contributed by atoms with Gasteiger partial charge in [0.05, 0.1) is 24.8 Å². The van der Waals surface area contributed by atoms with Gasteiger partial charge in [-0.25, -0.2) is 9.59 Å². The van der Waals surface area contributed by atoms with Crippen LogP contribution in [0.5, 0.6) is 5.75 Å². The minimum Gasteiger partial charge on any atom is -0.492 e. The van der Waals surface area contributed by atoms with E-state index in [4.69, 9.17) is 9.47 Å². The maximum Gasteiger partial charge on any atom is 0.338 e. The largest absolute Gasteiger partial charge is 0.492 e. The summed E-state index contributed by atoms with van der Waals surface area (Å²) in [5.41, 5.74) is 2.32. The van der Waals surface area contributed by atoms with Crippen LogP contribution in [0.3, 0.4) is 0 Å². The van der Waals surface area contributed by atoms with Gasteiger partial charge in [-0.15, -0.1) is 0 Å². The number of hydrogen-bond donors (Lipinski definition) is 0. The van der Waals surface area contributed by atoms with Gasteiger partial charge in [-0.1, -0.05) is 12.1 Å². The van der Waals surface area contributed by atoms with Gasteiger partial charge in [0.25, 0.3) is 0 Å². The topological polar surface area (TPSA) is 68.3 Å². The lowest BCUT2D eigenvalue weighted by Crippen LogP contribution is -2.19. The molecule has 0 aliphatic heterocycles. The summed E-state index contributed by atoms with van der Waals surface area (Å²) in [7, 11) is 9.39. The summed E-state index contributed by atoms with van der Waals surface area (Å²) < 4.78 is 15.0. The van der Waals surface area contributed by atoms with Crippen molar-refractivity contribution in [3.05, 3.63) is 65.2 Å². The van der Waals surface area contributed by atoms with Gasteiger partial charge in [-0.2, -0.15) is 0 Å². The van der Waals surface area contributed by atoms with E-state index in [9.17, 15) is 9.59 Å². The molecular formula is C24H34N2O5. The van der Waals surface area contributed by atoms with E-state index < -0.39 is 0 Å². The molecule has 170 valence electrons. The predicted octanol–water partition coefficient (Wildman–Crippen LogP) is 3.34. The molecular weight excluding hydrogens is 396 g/mol. The Bertz CT molecular complexity index is 787. The average Bonchev–Trinajstić information content (AvgIpc) is 2.74. The molecule has 0 saturated carbocycles. The van der Waals surface area contributed by atoms with Crippen LogP contribution < -0.4 is 4.74 Å². The maximum absolute atomic E-state index is 11.4. The van der Waals surface area contributed by atoms with Crippen LogP contribution >= 0.6 is 0 Å². The molecule has 31 heavy (non-hydrogen) atoms. The quantitative estimate of drug-likeness (QED) is 0.565. The summed E-state index contributed by atoms with van der Waals surface area (Å²) in [6, 6.07) is 14.4. The highest BCUT2D eigenvalue weighted by molar-refractivity contribution is 5.89. The van der Waals surface area contributed by atoms with E-state index in [0.717, 1.165) is 18.8 Å². The molecule has 0 N–H and O–H groups in total. The van der Waals surface area contributed by atoms with Crippen LogP contribution in [0.25, 0.3) is 0 Å². The highest BCUT2D eigenvalue weighted by Crippen LogP contribution is 2.13. The van der Waals surface area contributed by atoms with Gasteiger partial charge < -0.3 is 24.0 Å². The minimum absolute atomic E-state index is 0.290. The van der Waals surface area contributed by atoms with Crippen LogP contribution in [-0.4, -0.2) is 76.8 Å². The second-order valence-corrected chi connectivity index (χ2v) is 7.32. The van der Waals surface area contributed by atoms with Gasteiger partial charge in [0.15, 0.2) is 0 Å². The van der Waals surface area contributed by atoms with Crippen molar-refractivity contribution in [2.75, 3.05) is 55.1 Å². The Balaban J connectivity index is 0.000000316. The van der Waals surface area contributed by atoms with Crippen molar-refractivity contribution in [3.63, 3.8) is 0 Å². The van der Waals surface area contributed by atoms with Crippen LogP contribution in [0.4, 0.5) is 0 Å². The molecule has 0 saturated heterocycles. The molecule has 0 bridgehead atoms. The van der Waals surface area contributed by atoms with Crippen molar-refractivity contribution in [1.82, 2.24) is 9.80 Å². The molecule has 0 radical (unpaired) electrons. The number of benzene rings is 2. The van der Waals surface area contributed by atoms with Crippen molar-refractivity contribution in [3.8, 4) is 5.75 Å². The molecule has 2 aromatic carbocycles. The molecule has 0 heterocycles. The Morgan fingerprint density at radius 1 is 0.806 bits per heavy atom. The summed E-state index contributed by atoms with van der Waals surface area (Å²) in [5.74, 6) is 0.175. The zero-order valence-electron chi connectivity index (χ0n) is 19.4. The molecule has 0 atom stereocenters. The van der Waals surface area contributed by atoms with Crippen LogP contribution in [0.2, 0.25) is 0 Å². The standard InChI is InChI=1S/C13H19NO3.C11H15NO2/c1-4-16-13(15)11-5-7-12(8-6-11)17-10-9-14(2)3;1-12(2)8-9-4-6-10(7-5-9)11(13)14-3/h5-8H,4,9-10H2,1-3H3;4-7H,8H2,1-3H3. The van der Waals surface area contributed by atoms with Gasteiger partial charge >= 0.3 is 11.9 Å². The Kier molecular flexibility index (Phi) is 11.9. The minimum atomic E-state index is -0.299. The second-order valence-electron chi connectivity index (χ2n) is 7.32. The third kappa shape index (κ3) is 10.6. The fourth-order valence-corrected chi connectivity index (χ4v) is 2.48. The predicted molar refractivity (Wildman–Crippen MR) is 122 cm³/mol. The monoisotopic (exact) mass is 430 g/mol. The molecule has 7 heteroatoms. The number of likely N-dealkylation sites (N-methyl/N-ethyl adjacent to an activating group) is 1.